The Kier molecular flexibility index (Phi) is 11.1. The summed E-state index contributed by atoms with van der Waals surface area (Å²) < 4.78 is 62.8. The molecule has 3 aromatic rings. The molecule has 4 aliphatic heterocycles. The van der Waals surface area contributed by atoms with E-state index in [9.17, 15) is 28.5 Å². The Bertz CT molecular complexity index is 2150. The van der Waals surface area contributed by atoms with Crippen molar-refractivity contribution in [1.29, 1.82) is 0 Å². The molecule has 7 atom stereocenters. The van der Waals surface area contributed by atoms with Gasteiger partial charge >= 0.3 is 19.2 Å². The van der Waals surface area contributed by atoms with Crippen molar-refractivity contribution in [1.82, 2.24) is 25.1 Å². The Morgan fingerprint density at radius 2 is 1.67 bits per heavy atom. The van der Waals surface area contributed by atoms with Gasteiger partial charge in [-0.15, -0.1) is 11.3 Å². The lowest BCUT2D eigenvalue weighted by molar-refractivity contribution is -0.156. The van der Waals surface area contributed by atoms with Crippen LogP contribution in [0.2, 0.25) is 0 Å². The summed E-state index contributed by atoms with van der Waals surface area (Å²) in [6.07, 6.45) is 3.36. The molecule has 4 saturated heterocycles. The fourth-order valence-electron chi connectivity index (χ4n) is 8.72. The van der Waals surface area contributed by atoms with Crippen LogP contribution in [0.1, 0.15) is 54.3 Å². The number of nitrogens with zero attached hydrogens (tertiary/aromatic N) is 3. The molecule has 0 bridgehead atoms. The number of ether oxygens (including phenoxy) is 2. The summed E-state index contributed by atoms with van der Waals surface area (Å²) in [5.74, 6) is -1.65. The van der Waals surface area contributed by atoms with E-state index in [4.69, 9.17) is 9.26 Å². The van der Waals surface area contributed by atoms with Crippen LogP contribution in [0.5, 0.6) is 5.75 Å². The molecule has 18 heteroatoms. The second kappa shape index (κ2) is 16.0. The zero-order valence-corrected chi connectivity index (χ0v) is 33.9. The van der Waals surface area contributed by atoms with Crippen molar-refractivity contribution >= 4 is 58.5 Å². The fraction of sp³-hybridized carbons (Fsp3) is 0.525. The Balaban J connectivity index is 0.978. The highest BCUT2D eigenvalue weighted by Crippen LogP contribution is 2.63. The molecule has 5 heterocycles. The molecule has 2 N–H and O–H groups in total. The molecule has 5 fully saturated rings. The molecule has 8 rings (SSSR count). The number of halogens is 2. The van der Waals surface area contributed by atoms with Gasteiger partial charge in [-0.2, -0.15) is 8.78 Å². The molecular formula is C40H46F2N5O9PS. The predicted molar refractivity (Wildman–Crippen MR) is 208 cm³/mol. The number of para-hydroxylation sites is 1. The lowest BCUT2D eigenvalue weighted by atomic mass is 9.96. The number of esters is 1. The van der Waals surface area contributed by atoms with E-state index in [1.54, 1.807) is 20.8 Å². The van der Waals surface area contributed by atoms with Crippen LogP contribution in [0.15, 0.2) is 54.6 Å². The minimum Gasteiger partial charge on any atom is -0.468 e. The number of nitrogens with one attached hydrogen (secondary N) is 2. The minimum absolute atomic E-state index is 0.0204. The maximum absolute atomic E-state index is 16.4. The zero-order valence-electron chi connectivity index (χ0n) is 32.1. The second-order valence-corrected chi connectivity index (χ2v) is 19.0. The third-order valence-corrected chi connectivity index (χ3v) is 15.4. The van der Waals surface area contributed by atoms with Crippen LogP contribution in [0.25, 0.3) is 10.1 Å². The smallest absolute Gasteiger partial charge is 0.390 e. The quantitative estimate of drug-likeness (QED) is 0.207. The SMILES string of the molecule is COC(=O)[C@H](C)NP(=O)(Oc1ccccc1)C(F)(F)c1ccc2sc(C(=O)N[C@H]3C[C@@H]4C[C@@H]4C[C@H]4CC[C@@H](C(=O)N5CC(C(=O)N6CCOCC6)C5)N4C3=O)cc2c1. The highest BCUT2D eigenvalue weighted by molar-refractivity contribution is 7.58. The van der Waals surface area contributed by atoms with Gasteiger partial charge in [0.1, 0.15) is 23.9 Å². The van der Waals surface area contributed by atoms with Gasteiger partial charge in [0.2, 0.25) is 17.7 Å². The number of likely N-dealkylation sites (tertiary alicyclic amines) is 1. The van der Waals surface area contributed by atoms with Gasteiger partial charge in [-0.25, -0.2) is 5.09 Å². The molecular weight excluding hydrogens is 796 g/mol. The zero-order chi connectivity index (χ0) is 40.9. The van der Waals surface area contributed by atoms with Crippen LogP contribution < -0.4 is 14.9 Å². The van der Waals surface area contributed by atoms with E-state index < -0.39 is 48.7 Å². The van der Waals surface area contributed by atoms with Crippen LogP contribution >= 0.6 is 18.9 Å². The fourth-order valence-corrected chi connectivity index (χ4v) is 11.5. The normalized spacial score (nSPS) is 26.3. The standard InChI is InChI=1S/C40H46F2N5O9PS/c1-23(39(52)54-2)44-57(53,56-30-6-4-3-5-7-30)40(41,42)28-8-11-33-26(17-28)20-34(58-33)35(48)43-31-19-25-16-24(25)18-29-9-10-32(47(29)37(31)50)38(51)46-21-27(22-46)36(49)45-12-14-55-15-13-45/h3-8,11,17,20,23-25,27,29,31-32H,9-10,12-16,18-19,21-22H2,1-2H3,(H,43,48)(H,44,53)/t23-,24+,25-,29+,31-,32-,57?/m0/s1. The molecule has 1 aromatic heterocycles. The van der Waals surface area contributed by atoms with Crippen LogP contribution in [0.3, 0.4) is 0 Å². The number of hydrogen-bond donors (Lipinski definition) is 2. The van der Waals surface area contributed by atoms with E-state index >= 15 is 8.78 Å². The van der Waals surface area contributed by atoms with Crippen molar-refractivity contribution in [2.24, 2.45) is 17.8 Å². The third kappa shape index (κ3) is 7.73. The number of benzene rings is 2. The number of thiophene rings is 1. The van der Waals surface area contributed by atoms with E-state index in [0.717, 1.165) is 43.4 Å². The topological polar surface area (TPSA) is 164 Å². The summed E-state index contributed by atoms with van der Waals surface area (Å²) in [6.45, 7) is 3.92. The molecule has 310 valence electrons. The number of alkyl halides is 2. The summed E-state index contributed by atoms with van der Waals surface area (Å²) in [4.78, 5) is 72.5. The molecule has 58 heavy (non-hydrogen) atoms. The molecule has 4 amide bonds. The Morgan fingerprint density at radius 1 is 0.948 bits per heavy atom. The maximum atomic E-state index is 16.4. The van der Waals surface area contributed by atoms with Gasteiger partial charge in [-0.3, -0.25) is 28.5 Å². The van der Waals surface area contributed by atoms with E-state index in [1.807, 2.05) is 0 Å². The van der Waals surface area contributed by atoms with Crippen LogP contribution in [0.4, 0.5) is 8.78 Å². The number of morpholine rings is 1. The van der Waals surface area contributed by atoms with E-state index in [0.29, 0.717) is 69.3 Å². The number of carbonyl (C=O) groups is 5. The third-order valence-electron chi connectivity index (χ3n) is 12.0. The first-order valence-electron chi connectivity index (χ1n) is 19.7. The number of amides is 4. The molecule has 5 aliphatic rings. The van der Waals surface area contributed by atoms with E-state index in [2.05, 4.69) is 15.1 Å². The molecule has 1 aliphatic carbocycles. The number of rotatable bonds is 11. The number of hydrogen-bond acceptors (Lipinski definition) is 10. The van der Waals surface area contributed by atoms with Crippen molar-refractivity contribution in [3.8, 4) is 5.75 Å². The van der Waals surface area contributed by atoms with Gasteiger partial charge in [-0.05, 0) is 86.6 Å². The first-order valence-corrected chi connectivity index (χ1v) is 22.1. The maximum Gasteiger partial charge on any atom is 0.390 e. The monoisotopic (exact) mass is 841 g/mol. The van der Waals surface area contributed by atoms with Crippen LogP contribution in [-0.2, 0) is 38.9 Å². The Hall–Kier alpha value is -4.44. The summed E-state index contributed by atoms with van der Waals surface area (Å²) in [5.41, 5.74) is -4.82. The summed E-state index contributed by atoms with van der Waals surface area (Å²) >= 11 is 1.06. The second-order valence-electron chi connectivity index (χ2n) is 15.9. The van der Waals surface area contributed by atoms with Gasteiger partial charge in [0.05, 0.1) is 31.1 Å². The lowest BCUT2D eigenvalue weighted by Crippen LogP contribution is -2.62. The largest absolute Gasteiger partial charge is 0.468 e. The highest BCUT2D eigenvalue weighted by atomic mass is 32.1. The predicted octanol–water partition coefficient (Wildman–Crippen LogP) is 4.58. The van der Waals surface area contributed by atoms with Gasteiger partial charge in [-0.1, -0.05) is 24.3 Å². The van der Waals surface area contributed by atoms with Gasteiger partial charge < -0.3 is 34.0 Å². The van der Waals surface area contributed by atoms with Gasteiger partial charge in [0.15, 0.2) is 0 Å². The molecule has 2 aromatic carbocycles. The van der Waals surface area contributed by atoms with Crippen molar-refractivity contribution < 1.29 is 51.3 Å². The van der Waals surface area contributed by atoms with Crippen molar-refractivity contribution in [3.63, 3.8) is 0 Å². The summed E-state index contributed by atoms with van der Waals surface area (Å²) in [6, 6.07) is 9.39. The molecule has 1 saturated carbocycles. The molecule has 14 nitrogen and oxygen atoms in total. The summed E-state index contributed by atoms with van der Waals surface area (Å²) in [5, 5.41) is 5.39. The van der Waals surface area contributed by atoms with E-state index in [-0.39, 0.29) is 51.6 Å². The minimum atomic E-state index is -5.21. The van der Waals surface area contributed by atoms with Crippen molar-refractivity contribution in [2.45, 2.75) is 68.9 Å². The molecule has 1 unspecified atom stereocenters. The van der Waals surface area contributed by atoms with Crippen molar-refractivity contribution in [3.05, 3.63) is 65.0 Å². The van der Waals surface area contributed by atoms with Gasteiger partial charge in [0, 0.05) is 42.5 Å². The highest BCUT2D eigenvalue weighted by Gasteiger charge is 2.56. The number of methoxy groups -OCH3 is 1. The number of carbonyl (C=O) groups excluding carboxylic acids is 5. The first kappa shape index (κ1) is 40.3. The lowest BCUT2D eigenvalue weighted by Gasteiger charge is -2.44. The first-order chi connectivity index (χ1) is 27.8. The van der Waals surface area contributed by atoms with Crippen LogP contribution in [-0.4, -0.2) is 115 Å². The summed E-state index contributed by atoms with van der Waals surface area (Å²) in [7, 11) is -4.13. The Labute approximate surface area is 338 Å². The molecule has 0 spiro atoms. The van der Waals surface area contributed by atoms with E-state index in [1.165, 1.54) is 43.3 Å². The van der Waals surface area contributed by atoms with Crippen molar-refractivity contribution in [2.75, 3.05) is 46.5 Å². The average molecular weight is 842 g/mol. The van der Waals surface area contributed by atoms with Crippen LogP contribution in [0, 0.1) is 17.8 Å². The Morgan fingerprint density at radius 3 is 2.40 bits per heavy atom. The average Bonchev–Trinajstić information content (AvgIpc) is 3.55. The number of fused-ring (bicyclic) bond motifs is 3. The molecule has 0 radical (unpaired) electrons. The van der Waals surface area contributed by atoms with Gasteiger partial charge in [0.25, 0.3) is 5.91 Å².